The van der Waals surface area contributed by atoms with E-state index in [1.165, 1.54) is 35.2 Å². The zero-order valence-corrected chi connectivity index (χ0v) is 17.4. The summed E-state index contributed by atoms with van der Waals surface area (Å²) in [4.78, 5) is 36.0. The van der Waals surface area contributed by atoms with Gasteiger partial charge >= 0.3 is 0 Å². The molecule has 0 bridgehead atoms. The van der Waals surface area contributed by atoms with Crippen LogP contribution in [0, 0.1) is 17.0 Å². The first-order valence-corrected chi connectivity index (χ1v) is 10.7. The Morgan fingerprint density at radius 1 is 1.13 bits per heavy atom. The topological polar surface area (TPSA) is 111 Å². The number of anilines is 1. The number of hydrogen-bond acceptors (Lipinski definition) is 8. The van der Waals surface area contributed by atoms with E-state index in [-0.39, 0.29) is 17.3 Å². The lowest BCUT2D eigenvalue weighted by Crippen LogP contribution is -2.14. The van der Waals surface area contributed by atoms with Gasteiger partial charge in [-0.3, -0.25) is 14.9 Å². The summed E-state index contributed by atoms with van der Waals surface area (Å²) in [5.41, 5.74) is 3.05. The average molecular weight is 438 g/mol. The lowest BCUT2D eigenvalue weighted by Gasteiger charge is -2.06. The maximum atomic E-state index is 12.3. The Bertz CT molecular complexity index is 1240. The van der Waals surface area contributed by atoms with Crippen molar-refractivity contribution in [3.63, 3.8) is 0 Å². The standard InChI is InChI=1S/C20H15N5O3S2/c1-12-9-15(13-5-3-2-4-6-13)22-19(21-12)29-11-18(26)24-20-23-16-10-14(25(27)28)7-8-17(16)30-20/h2-10H,11H2,1H3,(H,23,24,26). The molecule has 0 radical (unpaired) electrons. The SMILES string of the molecule is Cc1cc(-c2ccccc2)nc(SCC(=O)Nc2nc3cc([N+](=O)[O-])ccc3s2)n1. The largest absolute Gasteiger partial charge is 0.301 e. The Morgan fingerprint density at radius 2 is 1.93 bits per heavy atom. The first-order valence-electron chi connectivity index (χ1n) is 8.87. The van der Waals surface area contributed by atoms with Crippen molar-refractivity contribution < 1.29 is 9.72 Å². The molecule has 4 aromatic rings. The van der Waals surface area contributed by atoms with Gasteiger partial charge in [0.25, 0.3) is 5.69 Å². The third-order valence-corrected chi connectivity index (χ3v) is 5.86. The Balaban J connectivity index is 1.43. The van der Waals surface area contributed by atoms with Crippen LogP contribution >= 0.6 is 23.1 Å². The molecule has 0 atom stereocenters. The third kappa shape index (κ3) is 4.61. The molecule has 8 nitrogen and oxygen atoms in total. The van der Waals surface area contributed by atoms with E-state index in [9.17, 15) is 14.9 Å². The first-order chi connectivity index (χ1) is 14.5. The fourth-order valence-corrected chi connectivity index (χ4v) is 4.30. The Hall–Kier alpha value is -3.37. The average Bonchev–Trinajstić information content (AvgIpc) is 3.14. The van der Waals surface area contributed by atoms with Crippen molar-refractivity contribution in [1.29, 1.82) is 0 Å². The summed E-state index contributed by atoms with van der Waals surface area (Å²) < 4.78 is 0.762. The van der Waals surface area contributed by atoms with Gasteiger partial charge in [0, 0.05) is 23.4 Å². The molecule has 0 unspecified atom stereocenters. The molecule has 10 heteroatoms. The minimum atomic E-state index is -0.473. The molecule has 0 saturated heterocycles. The van der Waals surface area contributed by atoms with Crippen LogP contribution in [-0.4, -0.2) is 31.5 Å². The minimum absolute atomic E-state index is 0.0351. The van der Waals surface area contributed by atoms with Gasteiger partial charge in [0.1, 0.15) is 0 Å². The number of carbonyl (C=O) groups is 1. The van der Waals surface area contributed by atoms with E-state index in [1.54, 1.807) is 6.07 Å². The molecule has 0 fully saturated rings. The molecule has 1 N–H and O–H groups in total. The molecule has 0 aliphatic carbocycles. The number of aryl methyl sites for hydroxylation is 1. The van der Waals surface area contributed by atoms with Crippen LogP contribution in [0.4, 0.5) is 10.8 Å². The van der Waals surface area contributed by atoms with Gasteiger partial charge in [-0.05, 0) is 19.1 Å². The Labute approximate surface area is 179 Å². The van der Waals surface area contributed by atoms with Gasteiger partial charge in [-0.1, -0.05) is 53.4 Å². The van der Waals surface area contributed by atoms with Crippen molar-refractivity contribution in [2.24, 2.45) is 0 Å². The van der Waals surface area contributed by atoms with E-state index in [2.05, 4.69) is 20.3 Å². The molecule has 30 heavy (non-hydrogen) atoms. The van der Waals surface area contributed by atoms with E-state index >= 15 is 0 Å². The van der Waals surface area contributed by atoms with Gasteiger partial charge in [-0.2, -0.15) is 0 Å². The number of nitrogens with zero attached hydrogens (tertiary/aromatic N) is 4. The maximum Gasteiger partial charge on any atom is 0.271 e. The number of nitro benzene ring substituents is 1. The van der Waals surface area contributed by atoms with Crippen LogP contribution in [-0.2, 0) is 4.79 Å². The van der Waals surface area contributed by atoms with E-state index in [0.29, 0.717) is 15.8 Å². The maximum absolute atomic E-state index is 12.3. The van der Waals surface area contributed by atoms with E-state index in [1.807, 2.05) is 43.3 Å². The highest BCUT2D eigenvalue weighted by Crippen LogP contribution is 2.29. The number of rotatable bonds is 6. The summed E-state index contributed by atoms with van der Waals surface area (Å²) in [5.74, 6) is -0.131. The van der Waals surface area contributed by atoms with Crippen LogP contribution in [0.5, 0.6) is 0 Å². The number of fused-ring (bicyclic) bond motifs is 1. The predicted molar refractivity (Wildman–Crippen MR) is 118 cm³/mol. The van der Waals surface area contributed by atoms with Crippen LogP contribution in [0.2, 0.25) is 0 Å². The zero-order chi connectivity index (χ0) is 21.1. The number of amides is 1. The van der Waals surface area contributed by atoms with Crippen LogP contribution in [0.3, 0.4) is 0 Å². The molecule has 0 aliphatic rings. The van der Waals surface area contributed by atoms with Crippen molar-refractivity contribution in [1.82, 2.24) is 15.0 Å². The number of nitrogens with one attached hydrogen (secondary N) is 1. The fourth-order valence-electron chi connectivity index (χ4n) is 2.73. The summed E-state index contributed by atoms with van der Waals surface area (Å²) in [6.45, 7) is 1.89. The van der Waals surface area contributed by atoms with E-state index < -0.39 is 4.92 Å². The molecular formula is C20H15N5O3S2. The van der Waals surface area contributed by atoms with Crippen LogP contribution < -0.4 is 5.32 Å². The van der Waals surface area contributed by atoms with E-state index in [0.717, 1.165) is 21.7 Å². The molecule has 4 rings (SSSR count). The smallest absolute Gasteiger partial charge is 0.271 e. The van der Waals surface area contributed by atoms with Crippen LogP contribution in [0.25, 0.3) is 21.5 Å². The number of non-ortho nitro benzene ring substituents is 1. The lowest BCUT2D eigenvalue weighted by molar-refractivity contribution is -0.384. The molecule has 2 aromatic carbocycles. The van der Waals surface area contributed by atoms with E-state index in [4.69, 9.17) is 0 Å². The summed E-state index contributed by atoms with van der Waals surface area (Å²) >= 11 is 2.50. The Kier molecular flexibility index (Phi) is 5.68. The van der Waals surface area contributed by atoms with Gasteiger partial charge < -0.3 is 5.32 Å². The second-order valence-electron chi connectivity index (χ2n) is 6.31. The van der Waals surface area contributed by atoms with Gasteiger partial charge in [0.15, 0.2) is 10.3 Å². The quantitative estimate of drug-likeness (QED) is 0.201. The molecule has 2 aromatic heterocycles. The molecule has 1 amide bonds. The van der Waals surface area contributed by atoms with Crippen molar-refractivity contribution in [2.75, 3.05) is 11.1 Å². The van der Waals surface area contributed by atoms with Gasteiger partial charge in [0.05, 0.1) is 26.6 Å². The molecule has 0 spiro atoms. The number of aromatic nitrogens is 3. The third-order valence-electron chi connectivity index (χ3n) is 4.06. The highest BCUT2D eigenvalue weighted by Gasteiger charge is 2.13. The van der Waals surface area contributed by atoms with Crippen molar-refractivity contribution in [3.05, 3.63) is 70.4 Å². The number of benzene rings is 2. The van der Waals surface area contributed by atoms with Crippen molar-refractivity contribution in [2.45, 2.75) is 12.1 Å². The summed E-state index contributed by atoms with van der Waals surface area (Å²) in [6, 6.07) is 16.1. The van der Waals surface area contributed by atoms with Gasteiger partial charge in [-0.15, -0.1) is 0 Å². The normalized spacial score (nSPS) is 10.8. The second-order valence-corrected chi connectivity index (χ2v) is 8.28. The molecule has 0 saturated carbocycles. The fraction of sp³-hybridized carbons (Fsp3) is 0.100. The summed E-state index contributed by atoms with van der Waals surface area (Å²) in [5, 5.41) is 14.5. The van der Waals surface area contributed by atoms with Crippen LogP contribution in [0.1, 0.15) is 5.69 Å². The molecule has 150 valence electrons. The molecule has 2 heterocycles. The predicted octanol–water partition coefficient (Wildman–Crippen LogP) is 4.70. The van der Waals surface area contributed by atoms with Crippen LogP contribution in [0.15, 0.2) is 59.8 Å². The highest BCUT2D eigenvalue weighted by molar-refractivity contribution is 7.99. The molecular weight excluding hydrogens is 422 g/mol. The lowest BCUT2D eigenvalue weighted by atomic mass is 10.1. The first kappa shape index (κ1) is 19.9. The monoisotopic (exact) mass is 437 g/mol. The number of thioether (sulfide) groups is 1. The second kappa shape index (κ2) is 8.56. The van der Waals surface area contributed by atoms with Gasteiger partial charge in [0.2, 0.25) is 5.91 Å². The number of carbonyl (C=O) groups excluding carboxylic acids is 1. The number of thiazole rings is 1. The summed E-state index contributed by atoms with van der Waals surface area (Å²) in [6.07, 6.45) is 0. The highest BCUT2D eigenvalue weighted by atomic mass is 32.2. The minimum Gasteiger partial charge on any atom is -0.301 e. The van der Waals surface area contributed by atoms with Crippen molar-refractivity contribution in [3.8, 4) is 11.3 Å². The Morgan fingerprint density at radius 3 is 2.70 bits per heavy atom. The molecule has 0 aliphatic heterocycles. The zero-order valence-electron chi connectivity index (χ0n) is 15.7. The number of nitro groups is 1. The van der Waals surface area contributed by atoms with Gasteiger partial charge in [-0.25, -0.2) is 15.0 Å². The van der Waals surface area contributed by atoms with Crippen molar-refractivity contribution >= 4 is 50.0 Å². The summed E-state index contributed by atoms with van der Waals surface area (Å²) in [7, 11) is 0. The number of hydrogen-bond donors (Lipinski definition) is 1.